The van der Waals surface area contributed by atoms with Crippen LogP contribution in [0.2, 0.25) is 0 Å². The minimum absolute atomic E-state index is 0.0676. The van der Waals surface area contributed by atoms with Crippen LogP contribution in [0.5, 0.6) is 0 Å². The molecule has 156 valence electrons. The lowest BCUT2D eigenvalue weighted by Gasteiger charge is -2.12. The SMILES string of the molecule is Cn1c(CCC(=O)NNC(=O)c2ccccc2-n2cccc2)nc2ccccc2c1=O. The van der Waals surface area contributed by atoms with Crippen LogP contribution in [0, 0.1) is 0 Å². The number of fused-ring (bicyclic) bond motifs is 1. The summed E-state index contributed by atoms with van der Waals surface area (Å²) in [6.45, 7) is 0. The number of aromatic nitrogens is 3. The fraction of sp³-hybridized carbons (Fsp3) is 0.130. The first-order chi connectivity index (χ1) is 15.0. The van der Waals surface area contributed by atoms with Gasteiger partial charge in [0.1, 0.15) is 5.82 Å². The second-order valence-corrected chi connectivity index (χ2v) is 7.02. The smallest absolute Gasteiger partial charge is 0.271 e. The Morgan fingerprint density at radius 1 is 0.935 bits per heavy atom. The largest absolute Gasteiger partial charge is 0.323 e. The van der Waals surface area contributed by atoms with Crippen molar-refractivity contribution in [1.29, 1.82) is 0 Å². The molecule has 0 saturated carbocycles. The van der Waals surface area contributed by atoms with E-state index in [4.69, 9.17) is 0 Å². The van der Waals surface area contributed by atoms with E-state index in [1.54, 1.807) is 37.4 Å². The predicted molar refractivity (Wildman–Crippen MR) is 117 cm³/mol. The minimum Gasteiger partial charge on any atom is -0.323 e. The number of hydrogen-bond acceptors (Lipinski definition) is 4. The van der Waals surface area contributed by atoms with Gasteiger partial charge in [-0.25, -0.2) is 4.98 Å². The quantitative estimate of drug-likeness (QED) is 0.488. The zero-order valence-corrected chi connectivity index (χ0v) is 16.9. The van der Waals surface area contributed by atoms with Crippen molar-refractivity contribution in [2.45, 2.75) is 12.8 Å². The Balaban J connectivity index is 1.40. The maximum absolute atomic E-state index is 12.6. The van der Waals surface area contributed by atoms with Gasteiger partial charge in [-0.05, 0) is 36.4 Å². The van der Waals surface area contributed by atoms with E-state index in [1.165, 1.54) is 4.57 Å². The number of nitrogens with one attached hydrogen (secondary N) is 2. The van der Waals surface area contributed by atoms with Gasteiger partial charge >= 0.3 is 0 Å². The Morgan fingerprint density at radius 3 is 2.45 bits per heavy atom. The highest BCUT2D eigenvalue weighted by Crippen LogP contribution is 2.14. The number of amides is 2. The van der Waals surface area contributed by atoms with Gasteiger partial charge in [0, 0.05) is 32.3 Å². The van der Waals surface area contributed by atoms with Gasteiger partial charge in [-0.15, -0.1) is 0 Å². The van der Waals surface area contributed by atoms with E-state index in [0.29, 0.717) is 28.0 Å². The number of para-hydroxylation sites is 2. The molecule has 31 heavy (non-hydrogen) atoms. The van der Waals surface area contributed by atoms with E-state index in [2.05, 4.69) is 15.8 Å². The molecule has 0 bridgehead atoms. The first kappa shape index (κ1) is 20.1. The third kappa shape index (κ3) is 4.23. The molecule has 2 N–H and O–H groups in total. The Labute approximate surface area is 178 Å². The molecule has 0 aliphatic rings. The number of rotatable bonds is 5. The average Bonchev–Trinajstić information content (AvgIpc) is 3.34. The molecule has 0 spiro atoms. The number of carbonyl (C=O) groups excluding carboxylic acids is 2. The van der Waals surface area contributed by atoms with Crippen LogP contribution in [0.15, 0.2) is 77.9 Å². The molecular weight excluding hydrogens is 394 g/mol. The van der Waals surface area contributed by atoms with Crippen molar-refractivity contribution in [1.82, 2.24) is 25.0 Å². The molecule has 8 nitrogen and oxygen atoms in total. The first-order valence-electron chi connectivity index (χ1n) is 9.81. The van der Waals surface area contributed by atoms with Crippen molar-refractivity contribution in [3.05, 3.63) is 94.8 Å². The van der Waals surface area contributed by atoms with E-state index in [-0.39, 0.29) is 24.3 Å². The molecule has 0 fully saturated rings. The Morgan fingerprint density at radius 2 is 1.65 bits per heavy atom. The standard InChI is InChI=1S/C23H21N5O3/c1-27-20(24-18-10-4-2-8-16(18)23(27)31)12-13-21(29)25-26-22(30)17-9-3-5-11-19(17)28-14-6-7-15-28/h2-11,14-15H,12-13H2,1H3,(H,25,29)(H,26,30). The van der Waals surface area contributed by atoms with Crippen LogP contribution in [-0.2, 0) is 18.3 Å². The molecule has 2 aromatic carbocycles. The Kier molecular flexibility index (Phi) is 5.61. The Bertz CT molecular complexity index is 1310. The van der Waals surface area contributed by atoms with Crippen LogP contribution >= 0.6 is 0 Å². The van der Waals surface area contributed by atoms with Crippen molar-refractivity contribution in [3.63, 3.8) is 0 Å². The lowest BCUT2D eigenvalue weighted by molar-refractivity contribution is -0.121. The van der Waals surface area contributed by atoms with Gasteiger partial charge in [0.05, 0.1) is 22.2 Å². The highest BCUT2D eigenvalue weighted by atomic mass is 16.2. The highest BCUT2D eigenvalue weighted by Gasteiger charge is 2.14. The van der Waals surface area contributed by atoms with E-state index in [9.17, 15) is 14.4 Å². The molecule has 0 atom stereocenters. The highest BCUT2D eigenvalue weighted by molar-refractivity contribution is 5.98. The van der Waals surface area contributed by atoms with Gasteiger partial charge in [-0.1, -0.05) is 24.3 Å². The summed E-state index contributed by atoms with van der Waals surface area (Å²) in [5.74, 6) is -0.300. The number of hydrazine groups is 1. The second-order valence-electron chi connectivity index (χ2n) is 7.02. The fourth-order valence-corrected chi connectivity index (χ4v) is 3.36. The number of carbonyl (C=O) groups is 2. The molecular formula is C23H21N5O3. The van der Waals surface area contributed by atoms with Crippen LogP contribution in [-0.4, -0.2) is 25.9 Å². The lowest BCUT2D eigenvalue weighted by Crippen LogP contribution is -2.42. The second kappa shape index (κ2) is 8.66. The van der Waals surface area contributed by atoms with Gasteiger partial charge in [0.2, 0.25) is 5.91 Å². The minimum atomic E-state index is -0.422. The number of hydrogen-bond donors (Lipinski definition) is 2. The lowest BCUT2D eigenvalue weighted by atomic mass is 10.1. The van der Waals surface area contributed by atoms with Gasteiger partial charge in [-0.3, -0.25) is 29.8 Å². The van der Waals surface area contributed by atoms with Crippen LogP contribution in [0.1, 0.15) is 22.6 Å². The summed E-state index contributed by atoms with van der Waals surface area (Å²) in [5, 5.41) is 0.534. The van der Waals surface area contributed by atoms with Crippen molar-refractivity contribution < 1.29 is 9.59 Å². The van der Waals surface area contributed by atoms with Crippen molar-refractivity contribution in [2.24, 2.45) is 7.05 Å². The number of benzene rings is 2. The predicted octanol–water partition coefficient (Wildman–Crippen LogP) is 2.12. The molecule has 4 aromatic rings. The molecule has 0 saturated heterocycles. The van der Waals surface area contributed by atoms with E-state index < -0.39 is 5.91 Å². The van der Waals surface area contributed by atoms with Crippen LogP contribution < -0.4 is 16.4 Å². The third-order valence-corrected chi connectivity index (χ3v) is 5.00. The molecule has 0 aliphatic heterocycles. The van der Waals surface area contributed by atoms with Crippen LogP contribution in [0.4, 0.5) is 0 Å². The molecule has 0 unspecified atom stereocenters. The van der Waals surface area contributed by atoms with Gasteiger partial charge in [-0.2, -0.15) is 0 Å². The first-order valence-corrected chi connectivity index (χ1v) is 9.81. The molecule has 2 aromatic heterocycles. The zero-order valence-electron chi connectivity index (χ0n) is 16.9. The normalized spacial score (nSPS) is 10.7. The molecule has 0 radical (unpaired) electrons. The summed E-state index contributed by atoms with van der Waals surface area (Å²) in [6, 6.07) is 17.9. The van der Waals surface area contributed by atoms with Crippen LogP contribution in [0.25, 0.3) is 16.6 Å². The monoisotopic (exact) mass is 415 g/mol. The summed E-state index contributed by atoms with van der Waals surface area (Å²) in [6.07, 6.45) is 4.01. The number of aryl methyl sites for hydroxylation is 1. The summed E-state index contributed by atoms with van der Waals surface area (Å²) in [4.78, 5) is 41.8. The maximum atomic E-state index is 12.6. The number of nitrogens with zero attached hydrogens (tertiary/aromatic N) is 3. The fourth-order valence-electron chi connectivity index (χ4n) is 3.36. The van der Waals surface area contributed by atoms with Crippen LogP contribution in [0.3, 0.4) is 0 Å². The topological polar surface area (TPSA) is 98.0 Å². The molecule has 8 heteroatoms. The van der Waals surface area contributed by atoms with Gasteiger partial charge in [0.25, 0.3) is 11.5 Å². The summed E-state index contributed by atoms with van der Waals surface area (Å²) < 4.78 is 3.27. The van der Waals surface area contributed by atoms with E-state index in [0.717, 1.165) is 0 Å². The molecule has 2 amide bonds. The van der Waals surface area contributed by atoms with Crippen molar-refractivity contribution in [2.75, 3.05) is 0 Å². The average molecular weight is 415 g/mol. The Hall–Kier alpha value is -4.20. The van der Waals surface area contributed by atoms with E-state index in [1.807, 2.05) is 47.3 Å². The van der Waals surface area contributed by atoms with Gasteiger partial charge < -0.3 is 4.57 Å². The van der Waals surface area contributed by atoms with Gasteiger partial charge in [0.15, 0.2) is 0 Å². The molecule has 2 heterocycles. The van der Waals surface area contributed by atoms with E-state index >= 15 is 0 Å². The summed E-state index contributed by atoms with van der Waals surface area (Å²) in [7, 11) is 1.63. The van der Waals surface area contributed by atoms with Crippen molar-refractivity contribution >= 4 is 22.7 Å². The summed E-state index contributed by atoms with van der Waals surface area (Å²) in [5.41, 5.74) is 6.45. The van der Waals surface area contributed by atoms with Crippen molar-refractivity contribution in [3.8, 4) is 5.69 Å². The third-order valence-electron chi connectivity index (χ3n) is 5.00. The molecule has 0 aliphatic carbocycles. The summed E-state index contributed by atoms with van der Waals surface area (Å²) >= 11 is 0. The maximum Gasteiger partial charge on any atom is 0.271 e. The molecule has 4 rings (SSSR count). The zero-order chi connectivity index (χ0) is 21.8.